The quantitative estimate of drug-likeness (QED) is 0.448. The van der Waals surface area contributed by atoms with Crippen molar-refractivity contribution >= 4 is 46.0 Å². The Bertz CT molecular complexity index is 1160. The number of carbonyl (C=O) groups is 2. The van der Waals surface area contributed by atoms with E-state index in [1.165, 1.54) is 19.1 Å². The number of carbonyl (C=O) groups excluding carboxylic acids is 1. The van der Waals surface area contributed by atoms with Crippen molar-refractivity contribution in [1.29, 1.82) is 0 Å². The fourth-order valence-electron chi connectivity index (χ4n) is 2.69. The topological polar surface area (TPSA) is 124 Å². The first-order chi connectivity index (χ1) is 12.5. The van der Waals surface area contributed by atoms with Crippen LogP contribution in [0.3, 0.4) is 0 Å². The van der Waals surface area contributed by atoms with Gasteiger partial charge in [0, 0.05) is 18.3 Å². The molecule has 0 atom stereocenters. The average Bonchev–Trinajstić information content (AvgIpc) is 3.10. The lowest BCUT2D eigenvalue weighted by Crippen LogP contribution is -2.05. The van der Waals surface area contributed by atoms with Crippen LogP contribution in [0.15, 0.2) is 42.5 Å². The second kappa shape index (κ2) is 5.88. The summed E-state index contributed by atoms with van der Waals surface area (Å²) in [7, 11) is 0. The van der Waals surface area contributed by atoms with Gasteiger partial charge in [-0.1, -0.05) is 6.07 Å². The molecule has 2 aromatic carbocycles. The van der Waals surface area contributed by atoms with Gasteiger partial charge in [0.1, 0.15) is 0 Å². The summed E-state index contributed by atoms with van der Waals surface area (Å²) < 4.78 is 1.67. The number of benzene rings is 2. The number of anilines is 3. The third kappa shape index (κ3) is 2.81. The first-order valence-corrected chi connectivity index (χ1v) is 7.76. The number of amides is 1. The molecule has 2 heterocycles. The normalized spacial score (nSPS) is 11.0. The highest BCUT2D eigenvalue weighted by Crippen LogP contribution is 2.21. The number of aromatic carboxylic acids is 1. The number of carboxylic acids is 1. The van der Waals surface area contributed by atoms with Gasteiger partial charge in [-0.15, -0.1) is 0 Å². The fourth-order valence-corrected chi connectivity index (χ4v) is 2.69. The zero-order valence-corrected chi connectivity index (χ0v) is 13.6. The average molecular weight is 350 g/mol. The van der Waals surface area contributed by atoms with E-state index in [-0.39, 0.29) is 11.5 Å². The van der Waals surface area contributed by atoms with Crippen LogP contribution in [0.2, 0.25) is 0 Å². The van der Waals surface area contributed by atoms with E-state index in [4.69, 9.17) is 5.11 Å². The van der Waals surface area contributed by atoms with Crippen LogP contribution < -0.4 is 10.6 Å². The first kappa shape index (κ1) is 15.6. The van der Waals surface area contributed by atoms with Crippen molar-refractivity contribution in [3.8, 4) is 0 Å². The molecule has 2 aromatic heterocycles. The van der Waals surface area contributed by atoms with Crippen molar-refractivity contribution in [2.75, 3.05) is 10.6 Å². The molecule has 0 aliphatic carbocycles. The van der Waals surface area contributed by atoms with Crippen molar-refractivity contribution in [2.24, 2.45) is 0 Å². The number of imidazole rings is 1. The summed E-state index contributed by atoms with van der Waals surface area (Å²) in [5, 5.41) is 18.0. The molecule has 9 heteroatoms. The zero-order chi connectivity index (χ0) is 18.3. The van der Waals surface area contributed by atoms with Gasteiger partial charge >= 0.3 is 5.97 Å². The van der Waals surface area contributed by atoms with Gasteiger partial charge in [-0.25, -0.2) is 14.3 Å². The number of nitrogens with zero attached hydrogens (tertiary/aromatic N) is 3. The lowest BCUT2D eigenvalue weighted by atomic mass is 10.2. The van der Waals surface area contributed by atoms with Crippen LogP contribution in [-0.4, -0.2) is 36.6 Å². The van der Waals surface area contributed by atoms with Crippen molar-refractivity contribution in [3.05, 3.63) is 48.0 Å². The summed E-state index contributed by atoms with van der Waals surface area (Å²) >= 11 is 0. The van der Waals surface area contributed by atoms with Gasteiger partial charge in [-0.3, -0.25) is 9.89 Å². The van der Waals surface area contributed by atoms with Gasteiger partial charge in [0.2, 0.25) is 11.9 Å². The molecular weight excluding hydrogens is 336 g/mol. The molecule has 130 valence electrons. The van der Waals surface area contributed by atoms with Crippen LogP contribution in [0.25, 0.3) is 16.8 Å². The molecule has 26 heavy (non-hydrogen) atoms. The maximum Gasteiger partial charge on any atom is 0.335 e. The molecule has 0 bridgehead atoms. The largest absolute Gasteiger partial charge is 0.478 e. The van der Waals surface area contributed by atoms with Gasteiger partial charge in [0.25, 0.3) is 5.78 Å². The van der Waals surface area contributed by atoms with Gasteiger partial charge in [0.15, 0.2) is 0 Å². The summed E-state index contributed by atoms with van der Waals surface area (Å²) in [5.41, 5.74) is 2.85. The highest BCUT2D eigenvalue weighted by Gasteiger charge is 2.12. The highest BCUT2D eigenvalue weighted by molar-refractivity contribution is 5.93. The summed E-state index contributed by atoms with van der Waals surface area (Å²) in [6.07, 6.45) is 0. The molecule has 4 aromatic rings. The Morgan fingerprint density at radius 1 is 1.12 bits per heavy atom. The Morgan fingerprint density at radius 3 is 2.69 bits per heavy atom. The summed E-state index contributed by atoms with van der Waals surface area (Å²) in [6, 6.07) is 11.9. The molecule has 0 unspecified atom stereocenters. The number of nitrogens with one attached hydrogen (secondary N) is 3. The predicted octanol–water partition coefficient (Wildman–Crippen LogP) is 2.61. The molecule has 0 aliphatic rings. The number of aromatic nitrogens is 4. The maximum atomic E-state index is 11.2. The molecule has 1 amide bonds. The Hall–Kier alpha value is -3.88. The maximum absolute atomic E-state index is 11.2. The molecular formula is C17H14N6O3. The lowest BCUT2D eigenvalue weighted by molar-refractivity contribution is -0.114. The molecule has 9 nitrogen and oxygen atoms in total. The van der Waals surface area contributed by atoms with Crippen molar-refractivity contribution < 1.29 is 14.7 Å². The van der Waals surface area contributed by atoms with E-state index in [1.54, 1.807) is 22.7 Å². The van der Waals surface area contributed by atoms with Crippen LogP contribution in [-0.2, 0) is 4.79 Å². The van der Waals surface area contributed by atoms with Crippen LogP contribution in [0.4, 0.5) is 17.3 Å². The lowest BCUT2D eigenvalue weighted by Gasteiger charge is -2.06. The first-order valence-electron chi connectivity index (χ1n) is 7.76. The van der Waals surface area contributed by atoms with Gasteiger partial charge in [-0.05, 0) is 36.4 Å². The minimum Gasteiger partial charge on any atom is -0.478 e. The number of fused-ring (bicyclic) bond motifs is 3. The number of hydrogen-bond acceptors (Lipinski definition) is 5. The minimum atomic E-state index is -1.00. The molecule has 0 radical (unpaired) electrons. The van der Waals surface area contributed by atoms with E-state index in [0.29, 0.717) is 22.9 Å². The van der Waals surface area contributed by atoms with E-state index in [2.05, 4.69) is 25.7 Å². The molecule has 0 saturated heterocycles. The van der Waals surface area contributed by atoms with E-state index in [0.717, 1.165) is 11.2 Å². The minimum absolute atomic E-state index is 0.147. The Balaban J connectivity index is 1.66. The Kier molecular flexibility index (Phi) is 3.54. The summed E-state index contributed by atoms with van der Waals surface area (Å²) in [6.45, 7) is 1.45. The van der Waals surface area contributed by atoms with Crippen LogP contribution >= 0.6 is 0 Å². The number of H-pyrrole nitrogens is 1. The van der Waals surface area contributed by atoms with E-state index in [9.17, 15) is 9.59 Å². The second-order valence-corrected chi connectivity index (χ2v) is 5.72. The zero-order valence-electron chi connectivity index (χ0n) is 13.6. The van der Waals surface area contributed by atoms with Crippen LogP contribution in [0, 0.1) is 0 Å². The van der Waals surface area contributed by atoms with Crippen molar-refractivity contribution in [3.63, 3.8) is 0 Å². The number of carboxylic acid groups (broad SMARTS) is 1. The van der Waals surface area contributed by atoms with Gasteiger partial charge in [0.05, 0.1) is 16.6 Å². The third-order valence-electron chi connectivity index (χ3n) is 3.76. The molecule has 4 N–H and O–H groups in total. The van der Waals surface area contributed by atoms with Gasteiger partial charge in [-0.2, -0.15) is 4.98 Å². The highest BCUT2D eigenvalue weighted by atomic mass is 16.4. The third-order valence-corrected chi connectivity index (χ3v) is 3.76. The smallest absolute Gasteiger partial charge is 0.335 e. The number of rotatable bonds is 4. The van der Waals surface area contributed by atoms with E-state index >= 15 is 0 Å². The van der Waals surface area contributed by atoms with E-state index in [1.807, 2.05) is 12.1 Å². The summed E-state index contributed by atoms with van der Waals surface area (Å²) in [4.78, 5) is 30.9. The van der Waals surface area contributed by atoms with Crippen LogP contribution in [0.1, 0.15) is 17.3 Å². The molecule has 0 fully saturated rings. The van der Waals surface area contributed by atoms with Crippen molar-refractivity contribution in [2.45, 2.75) is 6.92 Å². The number of aromatic amines is 1. The predicted molar refractivity (Wildman–Crippen MR) is 95.8 cm³/mol. The standard InChI is InChI=1S/C17H14N6O3/c1-9(24)18-11-3-2-4-12(8-11)19-16-21-17-20-13-7-10(15(25)26)5-6-14(13)23(17)22-16/h2-8H,1H3,(H,18,24)(H,25,26)(H2,19,20,21,22). The van der Waals surface area contributed by atoms with Crippen LogP contribution in [0.5, 0.6) is 0 Å². The summed E-state index contributed by atoms with van der Waals surface area (Å²) in [5.74, 6) is -0.261. The second-order valence-electron chi connectivity index (χ2n) is 5.72. The number of hydrogen-bond donors (Lipinski definition) is 4. The van der Waals surface area contributed by atoms with Gasteiger partial charge < -0.3 is 15.7 Å². The molecule has 0 aliphatic heterocycles. The SMILES string of the molecule is CC(=O)Nc1cccc(Nc2nc3nc4cc(C(=O)O)ccc4n3[nH]2)c1. The Labute approximate surface area is 146 Å². The molecule has 0 saturated carbocycles. The van der Waals surface area contributed by atoms with E-state index < -0.39 is 5.97 Å². The molecule has 0 spiro atoms. The fraction of sp³-hybridized carbons (Fsp3) is 0.0588. The van der Waals surface area contributed by atoms with Crippen molar-refractivity contribution in [1.82, 2.24) is 19.6 Å². The monoisotopic (exact) mass is 350 g/mol. The Morgan fingerprint density at radius 2 is 1.92 bits per heavy atom. The molecule has 4 rings (SSSR count).